The van der Waals surface area contributed by atoms with Gasteiger partial charge in [0.2, 0.25) is 0 Å². The number of aliphatic hydroxyl groups excluding tert-OH is 1. The fraction of sp³-hybridized carbons (Fsp3) is 0.333. The number of hydrogen-bond donors (Lipinski definition) is 1. The summed E-state index contributed by atoms with van der Waals surface area (Å²) in [4.78, 5) is 0. The molecule has 0 saturated carbocycles. The molecule has 0 spiro atoms. The summed E-state index contributed by atoms with van der Waals surface area (Å²) in [6.07, 6.45) is 4.19. The van der Waals surface area contributed by atoms with E-state index in [2.05, 4.69) is 43.3 Å². The van der Waals surface area contributed by atoms with Crippen molar-refractivity contribution < 1.29 is 5.11 Å². The third-order valence-corrected chi connectivity index (χ3v) is 4.21. The van der Waals surface area contributed by atoms with Gasteiger partial charge in [-0.3, -0.25) is 0 Å². The molecule has 4 bridgehead atoms. The van der Waals surface area contributed by atoms with Gasteiger partial charge < -0.3 is 5.11 Å². The third kappa shape index (κ3) is 2.57. The number of rotatable bonds is 1. The molecule has 0 amide bonds. The summed E-state index contributed by atoms with van der Waals surface area (Å²) in [6, 6.07) is 13.5. The van der Waals surface area contributed by atoms with Gasteiger partial charge in [-0.1, -0.05) is 36.4 Å². The molecule has 2 aromatic rings. The molecule has 6 rings (SSSR count). The molecule has 4 aliphatic rings. The first kappa shape index (κ1) is 12.4. The van der Waals surface area contributed by atoms with E-state index in [-0.39, 0.29) is 6.61 Å². The van der Waals surface area contributed by atoms with Crippen LogP contribution in [0.1, 0.15) is 33.4 Å². The fourth-order valence-electron chi connectivity index (χ4n) is 2.98. The molecule has 0 fully saturated rings. The minimum Gasteiger partial charge on any atom is -0.392 e. The molecule has 98 valence electrons. The Bertz CT molecular complexity index is 599. The Morgan fingerprint density at radius 2 is 1.47 bits per heavy atom. The number of aryl methyl sites for hydroxylation is 5. The first-order valence-corrected chi connectivity index (χ1v) is 7.06. The van der Waals surface area contributed by atoms with Crippen molar-refractivity contribution in [1.82, 2.24) is 0 Å². The monoisotopic (exact) mass is 252 g/mol. The second kappa shape index (κ2) is 5.18. The van der Waals surface area contributed by atoms with Gasteiger partial charge in [0.25, 0.3) is 0 Å². The number of hydrogen-bond acceptors (Lipinski definition) is 1. The Morgan fingerprint density at radius 1 is 0.842 bits per heavy atom. The second-order valence-corrected chi connectivity index (χ2v) is 5.52. The Labute approximate surface area is 114 Å². The minimum atomic E-state index is 0.153. The van der Waals surface area contributed by atoms with E-state index >= 15 is 0 Å². The Morgan fingerprint density at radius 3 is 2.16 bits per heavy atom. The van der Waals surface area contributed by atoms with Crippen LogP contribution in [-0.4, -0.2) is 5.11 Å². The maximum absolute atomic E-state index is 9.53. The van der Waals surface area contributed by atoms with E-state index in [4.69, 9.17) is 0 Å². The highest BCUT2D eigenvalue weighted by Gasteiger charge is 2.08. The van der Waals surface area contributed by atoms with Crippen molar-refractivity contribution in [2.24, 2.45) is 0 Å². The quantitative estimate of drug-likeness (QED) is 0.825. The molecule has 19 heavy (non-hydrogen) atoms. The molecule has 1 heteroatoms. The van der Waals surface area contributed by atoms with Crippen molar-refractivity contribution in [2.75, 3.05) is 0 Å². The Balaban J connectivity index is 2.03. The van der Waals surface area contributed by atoms with Crippen molar-refractivity contribution in [3.05, 3.63) is 69.8 Å². The minimum absolute atomic E-state index is 0.153. The first-order valence-electron chi connectivity index (χ1n) is 7.06. The third-order valence-electron chi connectivity index (χ3n) is 4.21. The van der Waals surface area contributed by atoms with Gasteiger partial charge in [-0.05, 0) is 66.0 Å². The maximum atomic E-state index is 9.53. The van der Waals surface area contributed by atoms with Crippen LogP contribution < -0.4 is 0 Å². The molecule has 1 N–H and O–H groups in total. The van der Waals surface area contributed by atoms with Gasteiger partial charge >= 0.3 is 0 Å². The predicted molar refractivity (Wildman–Crippen MR) is 78.4 cm³/mol. The summed E-state index contributed by atoms with van der Waals surface area (Å²) in [5.41, 5.74) is 7.96. The van der Waals surface area contributed by atoms with E-state index in [1.165, 1.54) is 27.8 Å². The van der Waals surface area contributed by atoms with Crippen LogP contribution in [0.15, 0.2) is 36.4 Å². The lowest BCUT2D eigenvalue weighted by molar-refractivity contribution is 0.280. The Hall–Kier alpha value is -1.60. The summed E-state index contributed by atoms with van der Waals surface area (Å²) in [7, 11) is 0. The summed E-state index contributed by atoms with van der Waals surface area (Å²) in [5, 5.41) is 9.53. The number of aliphatic hydroxyl groups is 1. The smallest absolute Gasteiger partial charge is 0.0684 e. The molecule has 0 saturated heterocycles. The highest BCUT2D eigenvalue weighted by atomic mass is 16.3. The highest BCUT2D eigenvalue weighted by molar-refractivity contribution is 5.37. The topological polar surface area (TPSA) is 20.2 Å². The van der Waals surface area contributed by atoms with Gasteiger partial charge in [0.05, 0.1) is 6.61 Å². The molecule has 0 aliphatic heterocycles. The predicted octanol–water partition coefficient (Wildman–Crippen LogP) is 3.37. The highest BCUT2D eigenvalue weighted by Crippen LogP contribution is 2.21. The van der Waals surface area contributed by atoms with E-state index in [9.17, 15) is 5.11 Å². The van der Waals surface area contributed by atoms with Crippen LogP contribution in [-0.2, 0) is 32.3 Å². The van der Waals surface area contributed by atoms with Gasteiger partial charge in [-0.25, -0.2) is 0 Å². The summed E-state index contributed by atoms with van der Waals surface area (Å²) >= 11 is 0. The molecule has 0 aromatic heterocycles. The molecular weight excluding hydrogens is 232 g/mol. The van der Waals surface area contributed by atoms with E-state index in [0.717, 1.165) is 31.2 Å². The van der Waals surface area contributed by atoms with E-state index in [1.807, 2.05) is 0 Å². The van der Waals surface area contributed by atoms with Crippen LogP contribution in [0.2, 0.25) is 0 Å². The first-order chi connectivity index (χ1) is 9.26. The van der Waals surface area contributed by atoms with Gasteiger partial charge in [0.1, 0.15) is 0 Å². The van der Waals surface area contributed by atoms with Crippen LogP contribution in [0, 0.1) is 6.92 Å². The van der Waals surface area contributed by atoms with Gasteiger partial charge in [0, 0.05) is 0 Å². The zero-order valence-corrected chi connectivity index (χ0v) is 11.4. The van der Waals surface area contributed by atoms with Crippen LogP contribution in [0.5, 0.6) is 0 Å². The standard InChI is InChI=1S/C18H20O/c1-13-10-14-2-3-15-5-7-17(18(11-15)12-19)9-8-16(13)6-4-14/h4-7,10-11,19H,2-3,8-9,12H2,1H3. The summed E-state index contributed by atoms with van der Waals surface area (Å²) in [5.74, 6) is 0. The van der Waals surface area contributed by atoms with E-state index in [0.29, 0.717) is 0 Å². The lowest BCUT2D eigenvalue weighted by Crippen LogP contribution is -2.03. The molecular formula is C18H20O. The molecule has 4 aliphatic carbocycles. The SMILES string of the molecule is Cc1cc2ccc1CCc1ccc(cc1CO)CC2. The summed E-state index contributed by atoms with van der Waals surface area (Å²) < 4.78 is 0. The average molecular weight is 252 g/mol. The van der Waals surface area contributed by atoms with Crippen LogP contribution in [0.4, 0.5) is 0 Å². The maximum Gasteiger partial charge on any atom is 0.0684 e. The Kier molecular flexibility index (Phi) is 3.39. The van der Waals surface area contributed by atoms with Crippen LogP contribution >= 0.6 is 0 Å². The summed E-state index contributed by atoms with van der Waals surface area (Å²) in [6.45, 7) is 2.36. The van der Waals surface area contributed by atoms with Crippen molar-refractivity contribution in [1.29, 1.82) is 0 Å². The molecule has 0 atom stereocenters. The largest absolute Gasteiger partial charge is 0.392 e. The zero-order chi connectivity index (χ0) is 13.2. The van der Waals surface area contributed by atoms with Crippen molar-refractivity contribution >= 4 is 0 Å². The average Bonchev–Trinajstić information content (AvgIpc) is 2.42. The zero-order valence-electron chi connectivity index (χ0n) is 11.4. The van der Waals surface area contributed by atoms with Crippen molar-refractivity contribution in [3.8, 4) is 0 Å². The van der Waals surface area contributed by atoms with E-state index < -0.39 is 0 Å². The van der Waals surface area contributed by atoms with Crippen molar-refractivity contribution in [3.63, 3.8) is 0 Å². The van der Waals surface area contributed by atoms with Crippen LogP contribution in [0.3, 0.4) is 0 Å². The molecule has 2 aromatic carbocycles. The molecule has 0 heterocycles. The fourth-order valence-corrected chi connectivity index (χ4v) is 2.98. The molecule has 0 unspecified atom stereocenters. The normalized spacial score (nSPS) is 14.2. The lowest BCUT2D eigenvalue weighted by atomic mass is 9.91. The van der Waals surface area contributed by atoms with Gasteiger partial charge in [-0.15, -0.1) is 0 Å². The molecule has 0 radical (unpaired) electrons. The van der Waals surface area contributed by atoms with Gasteiger partial charge in [0.15, 0.2) is 0 Å². The second-order valence-electron chi connectivity index (χ2n) is 5.52. The van der Waals surface area contributed by atoms with Crippen LogP contribution in [0.25, 0.3) is 0 Å². The molecule has 1 nitrogen and oxygen atoms in total. The van der Waals surface area contributed by atoms with E-state index in [1.54, 1.807) is 0 Å². The lowest BCUT2D eigenvalue weighted by Gasteiger charge is -2.14. The van der Waals surface area contributed by atoms with Gasteiger partial charge in [-0.2, -0.15) is 0 Å². The van der Waals surface area contributed by atoms with Crippen molar-refractivity contribution in [2.45, 2.75) is 39.2 Å². The number of benzene rings is 2.